The van der Waals surface area contributed by atoms with Gasteiger partial charge in [0.05, 0.1) is 36.5 Å². The minimum Gasteiger partial charge on any atom is -0.447 e. The van der Waals surface area contributed by atoms with Crippen molar-refractivity contribution in [1.29, 1.82) is 0 Å². The molecular weight excluding hydrogens is 598 g/mol. The van der Waals surface area contributed by atoms with Crippen molar-refractivity contribution >= 4 is 31.8 Å². The fraction of sp³-hybridized carbons (Fsp3) is 0.781. The summed E-state index contributed by atoms with van der Waals surface area (Å²) >= 11 is 6.26. The molecule has 0 radical (unpaired) electrons. The molecule has 1 amide bonds. The number of rotatable bonds is 14. The lowest BCUT2D eigenvalue weighted by Gasteiger charge is -2.42. The Bertz CT molecular complexity index is 1190. The Labute approximate surface area is 270 Å². The minimum atomic E-state index is -2.19. The molecule has 1 fully saturated rings. The van der Waals surface area contributed by atoms with Gasteiger partial charge in [-0.3, -0.25) is 10.00 Å². The minimum absolute atomic E-state index is 0.0642. The molecule has 1 unspecified atom stereocenters. The number of anilines is 1. The van der Waals surface area contributed by atoms with Crippen LogP contribution < -0.4 is 5.32 Å². The molecule has 10 nitrogen and oxygen atoms in total. The SMILES string of the molecule is CC(C)[Si](OCc1nn(CCOC2CCCCO2)cc1-n1nc(C(C)(C)C)cc1NC(=O)OCC(C)(C)Cl)(C(C)C)C(C)C. The first kappa shape index (κ1) is 36.5. The lowest BCUT2D eigenvalue weighted by Crippen LogP contribution is -2.47. The molecule has 0 aliphatic carbocycles. The zero-order chi connectivity index (χ0) is 32.9. The molecule has 1 atom stereocenters. The van der Waals surface area contributed by atoms with E-state index in [0.29, 0.717) is 42.2 Å². The predicted molar refractivity (Wildman–Crippen MR) is 178 cm³/mol. The van der Waals surface area contributed by atoms with Gasteiger partial charge in [-0.2, -0.15) is 10.2 Å². The van der Waals surface area contributed by atoms with Gasteiger partial charge in [0.15, 0.2) is 6.29 Å². The summed E-state index contributed by atoms with van der Waals surface area (Å²) in [6.07, 6.45) is 4.28. The van der Waals surface area contributed by atoms with Crippen LogP contribution in [0.4, 0.5) is 10.6 Å². The summed E-state index contributed by atoms with van der Waals surface area (Å²) in [5.74, 6) is 0.486. The summed E-state index contributed by atoms with van der Waals surface area (Å²) in [7, 11) is -2.19. The Hall–Kier alpha value is -1.92. The van der Waals surface area contributed by atoms with Crippen molar-refractivity contribution in [2.75, 3.05) is 25.1 Å². The van der Waals surface area contributed by atoms with Crippen molar-refractivity contribution in [3.05, 3.63) is 23.7 Å². The Kier molecular flexibility index (Phi) is 12.6. The largest absolute Gasteiger partial charge is 0.447 e. The van der Waals surface area contributed by atoms with Crippen molar-refractivity contribution in [3.8, 4) is 5.69 Å². The highest BCUT2D eigenvalue weighted by Crippen LogP contribution is 2.43. The molecule has 1 saturated heterocycles. The first-order chi connectivity index (χ1) is 20.4. The van der Waals surface area contributed by atoms with E-state index in [1.54, 1.807) is 18.5 Å². The highest BCUT2D eigenvalue weighted by atomic mass is 35.5. The zero-order valence-corrected chi connectivity index (χ0v) is 30.6. The Morgan fingerprint density at radius 1 is 1.09 bits per heavy atom. The number of nitrogens with one attached hydrogen (secondary N) is 1. The lowest BCUT2D eigenvalue weighted by atomic mass is 9.92. The molecule has 0 spiro atoms. The van der Waals surface area contributed by atoms with Crippen molar-refractivity contribution in [1.82, 2.24) is 19.6 Å². The van der Waals surface area contributed by atoms with Crippen LogP contribution in [-0.2, 0) is 37.2 Å². The summed E-state index contributed by atoms with van der Waals surface area (Å²) in [6.45, 7) is 25.6. The molecule has 0 saturated carbocycles. The number of carbonyl (C=O) groups excluding carboxylic acids is 1. The number of hydrogen-bond donors (Lipinski definition) is 1. The van der Waals surface area contributed by atoms with Crippen LogP contribution in [0.15, 0.2) is 12.3 Å². The van der Waals surface area contributed by atoms with E-state index in [1.165, 1.54) is 0 Å². The maximum atomic E-state index is 12.9. The second-order valence-electron chi connectivity index (χ2n) is 14.5. The molecule has 3 heterocycles. The molecule has 1 aliphatic rings. The van der Waals surface area contributed by atoms with Crippen LogP contribution in [0.3, 0.4) is 0 Å². The third-order valence-corrected chi connectivity index (χ3v) is 14.4. The molecular formula is C32H56ClN5O5Si. The maximum Gasteiger partial charge on any atom is 0.412 e. The number of alkyl halides is 1. The molecule has 0 bridgehead atoms. The molecule has 1 N–H and O–H groups in total. The fourth-order valence-corrected chi connectivity index (χ4v) is 11.5. The van der Waals surface area contributed by atoms with E-state index < -0.39 is 19.3 Å². The third kappa shape index (κ3) is 9.54. The van der Waals surface area contributed by atoms with Gasteiger partial charge in [-0.1, -0.05) is 62.3 Å². The molecule has 0 aromatic carbocycles. The van der Waals surface area contributed by atoms with Crippen molar-refractivity contribution in [2.45, 2.75) is 142 Å². The smallest absolute Gasteiger partial charge is 0.412 e. The zero-order valence-electron chi connectivity index (χ0n) is 28.8. The first-order valence-electron chi connectivity index (χ1n) is 16.1. The van der Waals surface area contributed by atoms with Crippen LogP contribution in [0.1, 0.15) is 107 Å². The summed E-state index contributed by atoms with van der Waals surface area (Å²) in [6, 6.07) is 1.88. The summed E-state index contributed by atoms with van der Waals surface area (Å²) in [5.41, 5.74) is 3.31. The van der Waals surface area contributed by atoms with Crippen LogP contribution in [0.5, 0.6) is 0 Å². The Balaban J connectivity index is 1.99. The molecule has 1 aliphatic heterocycles. The number of nitrogens with zero attached hydrogens (tertiary/aromatic N) is 4. The standard InChI is InChI=1S/C32H56ClN5O5Si/c1-22(2)44(23(3)4,24(5)6)43-20-25-26(19-37(35-25)15-17-41-29-14-12-13-16-40-29)38-28(18-27(36-38)31(7,8)9)34-30(39)42-21-32(10,11)33/h18-19,22-24,29H,12-17,20-21H2,1-11H3,(H,34,39). The van der Waals surface area contributed by atoms with E-state index in [1.807, 2.05) is 16.9 Å². The maximum absolute atomic E-state index is 12.9. The number of ether oxygens (including phenoxy) is 3. The van der Waals surface area contributed by atoms with Gasteiger partial charge in [0.2, 0.25) is 8.32 Å². The highest BCUT2D eigenvalue weighted by molar-refractivity contribution is 6.77. The van der Waals surface area contributed by atoms with Crippen molar-refractivity contribution < 1.29 is 23.4 Å². The fourth-order valence-electron chi connectivity index (χ4n) is 6.06. The number of hydrogen-bond acceptors (Lipinski definition) is 7. The van der Waals surface area contributed by atoms with Gasteiger partial charge in [0, 0.05) is 18.1 Å². The van der Waals surface area contributed by atoms with Gasteiger partial charge in [-0.05, 0) is 49.7 Å². The van der Waals surface area contributed by atoms with E-state index in [9.17, 15) is 4.79 Å². The Morgan fingerprint density at radius 2 is 1.75 bits per heavy atom. The molecule has 44 heavy (non-hydrogen) atoms. The van der Waals surface area contributed by atoms with Gasteiger partial charge in [0.25, 0.3) is 0 Å². The van der Waals surface area contributed by atoms with Gasteiger partial charge in [0.1, 0.15) is 23.8 Å². The van der Waals surface area contributed by atoms with E-state index in [-0.39, 0.29) is 18.3 Å². The summed E-state index contributed by atoms with van der Waals surface area (Å²) in [4.78, 5) is 12.2. The van der Waals surface area contributed by atoms with E-state index in [4.69, 9.17) is 40.4 Å². The number of amides is 1. The quantitative estimate of drug-likeness (QED) is 0.162. The van der Waals surface area contributed by atoms with Crippen LogP contribution in [0.2, 0.25) is 16.6 Å². The average Bonchev–Trinajstić information content (AvgIpc) is 3.51. The van der Waals surface area contributed by atoms with Gasteiger partial charge in [-0.15, -0.1) is 11.6 Å². The number of aromatic nitrogens is 4. The molecule has 2 aromatic rings. The average molecular weight is 654 g/mol. The van der Waals surface area contributed by atoms with Gasteiger partial charge in [-0.25, -0.2) is 9.48 Å². The van der Waals surface area contributed by atoms with Crippen LogP contribution in [0, 0.1) is 0 Å². The van der Waals surface area contributed by atoms with Gasteiger partial charge < -0.3 is 18.6 Å². The van der Waals surface area contributed by atoms with Crippen molar-refractivity contribution in [3.63, 3.8) is 0 Å². The molecule has 250 valence electrons. The predicted octanol–water partition coefficient (Wildman–Crippen LogP) is 8.17. The Morgan fingerprint density at radius 3 is 2.30 bits per heavy atom. The normalized spacial score (nSPS) is 16.8. The highest BCUT2D eigenvalue weighted by Gasteiger charge is 2.45. The number of carbonyl (C=O) groups is 1. The monoisotopic (exact) mass is 653 g/mol. The van der Waals surface area contributed by atoms with E-state index >= 15 is 0 Å². The summed E-state index contributed by atoms with van der Waals surface area (Å²) in [5, 5.41) is 12.8. The first-order valence-corrected chi connectivity index (χ1v) is 18.6. The molecule has 12 heteroatoms. The van der Waals surface area contributed by atoms with Gasteiger partial charge >= 0.3 is 6.09 Å². The molecule has 2 aromatic heterocycles. The number of halogens is 1. The van der Waals surface area contributed by atoms with Crippen molar-refractivity contribution in [2.24, 2.45) is 0 Å². The topological polar surface area (TPSA) is 102 Å². The van der Waals surface area contributed by atoms with E-state index in [2.05, 4.69) is 67.6 Å². The molecule has 3 rings (SSSR count). The van der Waals surface area contributed by atoms with E-state index in [0.717, 1.165) is 42.9 Å². The second-order valence-corrected chi connectivity index (χ2v) is 21.0. The van der Waals surface area contributed by atoms with Crippen LogP contribution >= 0.6 is 11.6 Å². The second kappa shape index (κ2) is 15.1. The third-order valence-electron chi connectivity index (χ3n) is 8.23. The van der Waals surface area contributed by atoms with Crippen LogP contribution in [0.25, 0.3) is 5.69 Å². The van der Waals surface area contributed by atoms with Crippen LogP contribution in [-0.4, -0.2) is 65.0 Å². The lowest BCUT2D eigenvalue weighted by molar-refractivity contribution is -0.163. The summed E-state index contributed by atoms with van der Waals surface area (Å²) < 4.78 is 27.8.